The molecule has 0 radical (unpaired) electrons. The van der Waals surface area contributed by atoms with Crippen LogP contribution >= 0.6 is 0 Å². The second kappa shape index (κ2) is 7.61. The quantitative estimate of drug-likeness (QED) is 0.825. The highest BCUT2D eigenvalue weighted by molar-refractivity contribution is 5.73. The smallest absolute Gasteiger partial charge is 0.321 e. The van der Waals surface area contributed by atoms with E-state index in [2.05, 4.69) is 5.32 Å². The molecule has 4 heteroatoms. The van der Waals surface area contributed by atoms with Crippen LogP contribution in [0.1, 0.15) is 16.7 Å². The highest BCUT2D eigenvalue weighted by Gasteiger charge is 2.17. The van der Waals surface area contributed by atoms with Gasteiger partial charge in [0.2, 0.25) is 0 Å². The van der Waals surface area contributed by atoms with Crippen molar-refractivity contribution < 1.29 is 14.6 Å². The summed E-state index contributed by atoms with van der Waals surface area (Å²) in [6, 6.07) is 14.9. The van der Waals surface area contributed by atoms with Gasteiger partial charge in [0.25, 0.3) is 0 Å². The summed E-state index contributed by atoms with van der Waals surface area (Å²) in [6.07, 6.45) is 0.464. The maximum absolute atomic E-state index is 11.4. The normalized spacial score (nSPS) is 11.9. The third kappa shape index (κ3) is 4.33. The van der Waals surface area contributed by atoms with Crippen molar-refractivity contribution in [1.82, 2.24) is 5.32 Å². The SMILES string of the molecule is COc1ccc(CN[C@H](Cc2ccccc2)C(=O)O)cc1C. The number of rotatable bonds is 7. The van der Waals surface area contributed by atoms with Crippen molar-refractivity contribution in [2.24, 2.45) is 0 Å². The van der Waals surface area contributed by atoms with E-state index in [1.165, 1.54) is 0 Å². The van der Waals surface area contributed by atoms with Crippen molar-refractivity contribution >= 4 is 5.97 Å². The maximum atomic E-state index is 11.4. The molecule has 0 bridgehead atoms. The second-order valence-electron chi connectivity index (χ2n) is 5.27. The van der Waals surface area contributed by atoms with E-state index in [9.17, 15) is 9.90 Å². The average Bonchev–Trinajstić information content (AvgIpc) is 2.52. The average molecular weight is 299 g/mol. The molecule has 4 nitrogen and oxygen atoms in total. The number of hydrogen-bond donors (Lipinski definition) is 2. The monoisotopic (exact) mass is 299 g/mol. The summed E-state index contributed by atoms with van der Waals surface area (Å²) in [7, 11) is 1.64. The van der Waals surface area contributed by atoms with E-state index in [0.717, 1.165) is 22.4 Å². The number of nitrogens with one attached hydrogen (secondary N) is 1. The number of benzene rings is 2. The van der Waals surface area contributed by atoms with Gasteiger partial charge in [-0.25, -0.2) is 0 Å². The van der Waals surface area contributed by atoms with Crippen LogP contribution < -0.4 is 10.1 Å². The van der Waals surface area contributed by atoms with Crippen LogP contribution in [0, 0.1) is 6.92 Å². The number of carboxylic acid groups (broad SMARTS) is 1. The number of aryl methyl sites for hydroxylation is 1. The van der Waals surface area contributed by atoms with Gasteiger partial charge in [-0.3, -0.25) is 4.79 Å². The largest absolute Gasteiger partial charge is 0.496 e. The van der Waals surface area contributed by atoms with Crippen LogP contribution in [0.15, 0.2) is 48.5 Å². The fourth-order valence-electron chi connectivity index (χ4n) is 2.39. The highest BCUT2D eigenvalue weighted by Crippen LogP contribution is 2.18. The minimum Gasteiger partial charge on any atom is -0.496 e. The summed E-state index contributed by atoms with van der Waals surface area (Å²) in [4.78, 5) is 11.4. The Bertz CT molecular complexity index is 625. The zero-order valence-corrected chi connectivity index (χ0v) is 12.9. The zero-order valence-electron chi connectivity index (χ0n) is 12.9. The maximum Gasteiger partial charge on any atom is 0.321 e. The molecule has 22 heavy (non-hydrogen) atoms. The highest BCUT2D eigenvalue weighted by atomic mass is 16.5. The van der Waals surface area contributed by atoms with Crippen LogP contribution in [-0.4, -0.2) is 24.2 Å². The van der Waals surface area contributed by atoms with Gasteiger partial charge >= 0.3 is 5.97 Å². The van der Waals surface area contributed by atoms with Gasteiger partial charge in [-0.1, -0.05) is 42.5 Å². The van der Waals surface area contributed by atoms with Crippen molar-refractivity contribution in [1.29, 1.82) is 0 Å². The Labute approximate surface area is 130 Å². The molecule has 0 unspecified atom stereocenters. The molecule has 116 valence electrons. The molecule has 0 amide bonds. The molecule has 0 heterocycles. The predicted molar refractivity (Wildman–Crippen MR) is 86.1 cm³/mol. The number of carboxylic acids is 1. The summed E-state index contributed by atoms with van der Waals surface area (Å²) in [5, 5.41) is 12.5. The van der Waals surface area contributed by atoms with Crippen molar-refractivity contribution in [2.45, 2.75) is 25.9 Å². The Morgan fingerprint density at radius 1 is 1.18 bits per heavy atom. The van der Waals surface area contributed by atoms with E-state index in [0.29, 0.717) is 13.0 Å². The third-order valence-corrected chi connectivity index (χ3v) is 3.59. The Balaban J connectivity index is 2.00. The topological polar surface area (TPSA) is 58.6 Å². The Morgan fingerprint density at radius 3 is 2.50 bits per heavy atom. The summed E-state index contributed by atoms with van der Waals surface area (Å²) in [5.74, 6) is -0.00286. The van der Waals surface area contributed by atoms with Crippen LogP contribution in [0.4, 0.5) is 0 Å². The molecule has 2 aromatic carbocycles. The second-order valence-corrected chi connectivity index (χ2v) is 5.27. The molecular weight excluding hydrogens is 278 g/mol. The Kier molecular flexibility index (Phi) is 5.55. The minimum atomic E-state index is -0.839. The van der Waals surface area contributed by atoms with E-state index in [-0.39, 0.29) is 0 Å². The van der Waals surface area contributed by atoms with Gasteiger partial charge in [0.1, 0.15) is 11.8 Å². The number of methoxy groups -OCH3 is 1. The number of hydrogen-bond acceptors (Lipinski definition) is 3. The summed E-state index contributed by atoms with van der Waals surface area (Å²) in [5.41, 5.74) is 3.09. The van der Waals surface area contributed by atoms with Crippen molar-refractivity contribution in [3.63, 3.8) is 0 Å². The minimum absolute atomic E-state index is 0.464. The van der Waals surface area contributed by atoms with Gasteiger partial charge in [-0.05, 0) is 36.1 Å². The van der Waals surface area contributed by atoms with Gasteiger partial charge in [0.15, 0.2) is 0 Å². The first kappa shape index (κ1) is 16.0. The first-order chi connectivity index (χ1) is 10.6. The molecule has 0 spiro atoms. The van der Waals surface area contributed by atoms with Gasteiger partial charge in [-0.2, -0.15) is 0 Å². The Morgan fingerprint density at radius 2 is 1.91 bits per heavy atom. The molecule has 2 aromatic rings. The molecule has 0 aliphatic rings. The van der Waals surface area contributed by atoms with Crippen LogP contribution in [0.3, 0.4) is 0 Å². The lowest BCUT2D eigenvalue weighted by molar-refractivity contribution is -0.139. The van der Waals surface area contributed by atoms with Crippen LogP contribution in [0.5, 0.6) is 5.75 Å². The number of carbonyl (C=O) groups is 1. The van der Waals surface area contributed by atoms with Crippen LogP contribution in [0.25, 0.3) is 0 Å². The molecule has 0 aliphatic heterocycles. The van der Waals surface area contributed by atoms with Gasteiger partial charge in [-0.15, -0.1) is 0 Å². The number of aliphatic carboxylic acids is 1. The van der Waals surface area contributed by atoms with Gasteiger partial charge < -0.3 is 15.2 Å². The number of ether oxygens (including phenoxy) is 1. The first-order valence-corrected chi connectivity index (χ1v) is 7.24. The van der Waals surface area contributed by atoms with E-state index in [4.69, 9.17) is 4.74 Å². The predicted octanol–water partition coefficient (Wildman–Crippen LogP) is 2.79. The molecule has 2 rings (SSSR count). The molecule has 0 saturated heterocycles. The van der Waals surface area contributed by atoms with Gasteiger partial charge in [0, 0.05) is 6.54 Å². The van der Waals surface area contributed by atoms with Crippen LogP contribution in [-0.2, 0) is 17.8 Å². The Hall–Kier alpha value is -2.33. The third-order valence-electron chi connectivity index (χ3n) is 3.59. The molecule has 2 N–H and O–H groups in total. The molecular formula is C18H21NO3. The summed E-state index contributed by atoms with van der Waals surface area (Å²) in [6.45, 7) is 2.48. The molecule has 0 fully saturated rings. The molecule has 0 saturated carbocycles. The molecule has 0 aliphatic carbocycles. The van der Waals surface area contributed by atoms with E-state index in [1.54, 1.807) is 7.11 Å². The van der Waals surface area contributed by atoms with Crippen molar-refractivity contribution in [3.8, 4) is 5.75 Å². The molecule has 1 atom stereocenters. The zero-order chi connectivity index (χ0) is 15.9. The van der Waals surface area contributed by atoms with E-state index < -0.39 is 12.0 Å². The van der Waals surface area contributed by atoms with Gasteiger partial charge in [0.05, 0.1) is 7.11 Å². The molecule has 0 aromatic heterocycles. The summed E-state index contributed by atoms with van der Waals surface area (Å²) >= 11 is 0. The van der Waals surface area contributed by atoms with Crippen molar-refractivity contribution in [2.75, 3.05) is 7.11 Å². The fraction of sp³-hybridized carbons (Fsp3) is 0.278. The summed E-state index contributed by atoms with van der Waals surface area (Å²) < 4.78 is 5.23. The van der Waals surface area contributed by atoms with Crippen LogP contribution in [0.2, 0.25) is 0 Å². The lowest BCUT2D eigenvalue weighted by Gasteiger charge is -2.15. The van der Waals surface area contributed by atoms with E-state index >= 15 is 0 Å². The standard InChI is InChI=1S/C18H21NO3/c1-13-10-15(8-9-17(13)22-2)12-19-16(18(20)21)11-14-6-4-3-5-7-14/h3-10,16,19H,11-12H2,1-2H3,(H,20,21)/t16-/m1/s1. The lowest BCUT2D eigenvalue weighted by Crippen LogP contribution is -2.38. The van der Waals surface area contributed by atoms with E-state index in [1.807, 2.05) is 55.5 Å². The fourth-order valence-corrected chi connectivity index (χ4v) is 2.39. The lowest BCUT2D eigenvalue weighted by atomic mass is 10.1. The van der Waals surface area contributed by atoms with Crippen molar-refractivity contribution in [3.05, 3.63) is 65.2 Å². The first-order valence-electron chi connectivity index (χ1n) is 7.24.